The molecule has 1 amide bonds. The molecule has 2 aromatic carbocycles. The van der Waals surface area contributed by atoms with Crippen LogP contribution in [0.3, 0.4) is 0 Å². The van der Waals surface area contributed by atoms with Gasteiger partial charge in [0.05, 0.1) is 18.6 Å². The van der Waals surface area contributed by atoms with Gasteiger partial charge in [0.15, 0.2) is 10.9 Å². The Labute approximate surface area is 184 Å². The van der Waals surface area contributed by atoms with E-state index in [9.17, 15) is 14.0 Å². The zero-order valence-electron chi connectivity index (χ0n) is 17.3. The fraction of sp³-hybridized carbons (Fsp3) is 0.273. The van der Waals surface area contributed by atoms with Crippen LogP contribution >= 0.6 is 11.8 Å². The Morgan fingerprint density at radius 3 is 2.58 bits per heavy atom. The number of ketones is 1. The molecular weight excluding hydrogens is 419 g/mol. The number of aromatic nitrogens is 3. The topological polar surface area (TPSA) is 86.1 Å². The number of para-hydroxylation sites is 2. The number of halogens is 1. The number of amides is 1. The van der Waals surface area contributed by atoms with Crippen LogP contribution in [0.1, 0.15) is 29.5 Å². The molecule has 162 valence electrons. The number of thioether (sulfide) groups is 1. The van der Waals surface area contributed by atoms with E-state index in [1.165, 1.54) is 43.0 Å². The van der Waals surface area contributed by atoms with Crippen LogP contribution in [0.5, 0.6) is 5.75 Å². The smallest absolute Gasteiger partial charge is 0.216 e. The largest absolute Gasteiger partial charge is 0.495 e. The molecule has 9 heteroatoms. The van der Waals surface area contributed by atoms with E-state index in [0.717, 1.165) is 5.69 Å². The molecule has 0 unspecified atom stereocenters. The second kappa shape index (κ2) is 10.7. The first-order valence-electron chi connectivity index (χ1n) is 9.73. The molecule has 1 aromatic heterocycles. The van der Waals surface area contributed by atoms with Gasteiger partial charge in [0.2, 0.25) is 5.91 Å². The Bertz CT molecular complexity index is 1050. The number of ether oxygens (including phenoxy) is 1. The van der Waals surface area contributed by atoms with Crippen molar-refractivity contribution < 1.29 is 18.7 Å². The fourth-order valence-electron chi connectivity index (χ4n) is 2.97. The maximum atomic E-state index is 13.1. The van der Waals surface area contributed by atoms with Crippen molar-refractivity contribution in [3.63, 3.8) is 0 Å². The highest BCUT2D eigenvalue weighted by atomic mass is 32.2. The Morgan fingerprint density at radius 2 is 1.87 bits per heavy atom. The van der Waals surface area contributed by atoms with Gasteiger partial charge in [-0.25, -0.2) is 4.39 Å². The summed E-state index contributed by atoms with van der Waals surface area (Å²) < 4.78 is 20.5. The molecule has 31 heavy (non-hydrogen) atoms. The summed E-state index contributed by atoms with van der Waals surface area (Å²) >= 11 is 1.25. The van der Waals surface area contributed by atoms with Gasteiger partial charge in [0.25, 0.3) is 0 Å². The van der Waals surface area contributed by atoms with E-state index >= 15 is 0 Å². The molecule has 0 saturated carbocycles. The standard InChI is InChI=1S/C22H23FN4O3S/c1-15(28)24-13-5-8-21-25-26-22(27(21)18-6-3-4-7-20(18)30-2)31-14-19(29)16-9-11-17(23)12-10-16/h3-4,6-7,9-12H,5,8,13-14H2,1-2H3,(H,24,28). The average molecular weight is 443 g/mol. The van der Waals surface area contributed by atoms with E-state index in [2.05, 4.69) is 15.5 Å². The highest BCUT2D eigenvalue weighted by molar-refractivity contribution is 7.99. The summed E-state index contributed by atoms with van der Waals surface area (Å²) in [5, 5.41) is 11.9. The summed E-state index contributed by atoms with van der Waals surface area (Å²) in [6, 6.07) is 13.0. The lowest BCUT2D eigenvalue weighted by molar-refractivity contribution is -0.118. The van der Waals surface area contributed by atoms with Crippen molar-refractivity contribution in [1.29, 1.82) is 0 Å². The van der Waals surface area contributed by atoms with Gasteiger partial charge in [0.1, 0.15) is 17.4 Å². The minimum Gasteiger partial charge on any atom is -0.495 e. The highest BCUT2D eigenvalue weighted by Gasteiger charge is 2.19. The van der Waals surface area contributed by atoms with Crippen molar-refractivity contribution in [2.24, 2.45) is 0 Å². The predicted molar refractivity (Wildman–Crippen MR) is 116 cm³/mol. The Morgan fingerprint density at radius 1 is 1.13 bits per heavy atom. The third-order valence-electron chi connectivity index (χ3n) is 4.48. The van der Waals surface area contributed by atoms with Crippen molar-refractivity contribution in [3.8, 4) is 11.4 Å². The molecule has 7 nitrogen and oxygen atoms in total. The number of hydrogen-bond acceptors (Lipinski definition) is 6. The van der Waals surface area contributed by atoms with E-state index in [0.29, 0.717) is 41.7 Å². The van der Waals surface area contributed by atoms with Gasteiger partial charge in [-0.05, 0) is 42.8 Å². The molecule has 0 aliphatic rings. The second-order valence-corrected chi connectivity index (χ2v) is 7.65. The van der Waals surface area contributed by atoms with Crippen LogP contribution < -0.4 is 10.1 Å². The quantitative estimate of drug-likeness (QED) is 0.294. The second-order valence-electron chi connectivity index (χ2n) is 6.71. The van der Waals surface area contributed by atoms with Crippen LogP contribution in [0.15, 0.2) is 53.7 Å². The van der Waals surface area contributed by atoms with E-state index < -0.39 is 0 Å². The Kier molecular flexibility index (Phi) is 7.77. The van der Waals surface area contributed by atoms with Crippen LogP contribution in [0.4, 0.5) is 4.39 Å². The molecule has 3 rings (SSSR count). The van der Waals surface area contributed by atoms with Crippen LogP contribution in [0, 0.1) is 5.82 Å². The molecule has 1 N–H and O–H groups in total. The van der Waals surface area contributed by atoms with E-state index in [4.69, 9.17) is 4.74 Å². The monoisotopic (exact) mass is 442 g/mol. The van der Waals surface area contributed by atoms with Crippen molar-refractivity contribution in [1.82, 2.24) is 20.1 Å². The number of nitrogens with zero attached hydrogens (tertiary/aromatic N) is 3. The van der Waals surface area contributed by atoms with Crippen molar-refractivity contribution in [3.05, 3.63) is 65.7 Å². The summed E-state index contributed by atoms with van der Waals surface area (Å²) in [5.41, 5.74) is 1.20. The molecule has 0 radical (unpaired) electrons. The van der Waals surface area contributed by atoms with Crippen molar-refractivity contribution in [2.45, 2.75) is 24.9 Å². The molecule has 0 fully saturated rings. The van der Waals surface area contributed by atoms with Gasteiger partial charge in [-0.1, -0.05) is 23.9 Å². The zero-order valence-corrected chi connectivity index (χ0v) is 18.1. The number of carbonyl (C=O) groups is 2. The maximum Gasteiger partial charge on any atom is 0.216 e. The molecule has 3 aromatic rings. The molecular formula is C22H23FN4O3S. The lowest BCUT2D eigenvalue weighted by Gasteiger charge is -2.13. The van der Waals surface area contributed by atoms with Gasteiger partial charge in [-0.2, -0.15) is 0 Å². The number of methoxy groups -OCH3 is 1. The predicted octanol–water partition coefficient (Wildman–Crippen LogP) is 3.46. The number of nitrogens with one attached hydrogen (secondary N) is 1. The first-order chi connectivity index (χ1) is 15.0. The first-order valence-corrected chi connectivity index (χ1v) is 10.7. The maximum absolute atomic E-state index is 13.1. The minimum absolute atomic E-state index is 0.0817. The number of aryl methyl sites for hydroxylation is 1. The number of Topliss-reactive ketones (excluding diaryl/α,β-unsaturated/α-hetero) is 1. The molecule has 0 bridgehead atoms. The van der Waals surface area contributed by atoms with Gasteiger partial charge in [-0.15, -0.1) is 10.2 Å². The van der Waals surface area contributed by atoms with Gasteiger partial charge in [-0.3, -0.25) is 14.2 Å². The van der Waals surface area contributed by atoms with Gasteiger partial charge < -0.3 is 10.1 Å². The molecule has 0 atom stereocenters. The fourth-order valence-corrected chi connectivity index (χ4v) is 3.83. The van der Waals surface area contributed by atoms with Crippen LogP contribution in [-0.2, 0) is 11.2 Å². The Balaban J connectivity index is 1.82. The SMILES string of the molecule is COc1ccccc1-n1c(CCCNC(C)=O)nnc1SCC(=O)c1ccc(F)cc1. The van der Waals surface area contributed by atoms with Crippen LogP contribution in [0.2, 0.25) is 0 Å². The highest BCUT2D eigenvalue weighted by Crippen LogP contribution is 2.29. The lowest BCUT2D eigenvalue weighted by atomic mass is 10.1. The van der Waals surface area contributed by atoms with E-state index in [-0.39, 0.29) is 23.3 Å². The summed E-state index contributed by atoms with van der Waals surface area (Å²) in [7, 11) is 1.59. The normalized spacial score (nSPS) is 10.7. The van der Waals surface area contributed by atoms with Crippen molar-refractivity contribution in [2.75, 3.05) is 19.4 Å². The van der Waals surface area contributed by atoms with Crippen molar-refractivity contribution >= 4 is 23.5 Å². The third-order valence-corrected chi connectivity index (χ3v) is 5.41. The third kappa shape index (κ3) is 5.91. The van der Waals surface area contributed by atoms with Crippen LogP contribution in [0.25, 0.3) is 5.69 Å². The minimum atomic E-state index is -0.385. The average Bonchev–Trinajstić information content (AvgIpc) is 3.17. The molecule has 0 aliphatic heterocycles. The van der Waals surface area contributed by atoms with E-state index in [1.54, 1.807) is 7.11 Å². The summed E-state index contributed by atoms with van der Waals surface area (Å²) in [6.45, 7) is 2.00. The van der Waals surface area contributed by atoms with Crippen LogP contribution in [-0.4, -0.2) is 45.9 Å². The summed E-state index contributed by atoms with van der Waals surface area (Å²) in [6.07, 6.45) is 1.27. The van der Waals surface area contributed by atoms with Gasteiger partial charge >= 0.3 is 0 Å². The Hall–Kier alpha value is -3.20. The van der Waals surface area contributed by atoms with E-state index in [1.807, 2.05) is 28.8 Å². The van der Waals surface area contributed by atoms with Gasteiger partial charge in [0, 0.05) is 25.5 Å². The number of hydrogen-bond donors (Lipinski definition) is 1. The summed E-state index contributed by atoms with van der Waals surface area (Å²) in [4.78, 5) is 23.6. The number of benzene rings is 2. The zero-order chi connectivity index (χ0) is 22.2. The number of rotatable bonds is 10. The molecule has 1 heterocycles. The molecule has 0 spiro atoms. The summed E-state index contributed by atoms with van der Waals surface area (Å²) in [5.74, 6) is 0.881. The lowest BCUT2D eigenvalue weighted by Crippen LogP contribution is -2.21. The molecule has 0 aliphatic carbocycles. The number of carbonyl (C=O) groups excluding carboxylic acids is 2. The first kappa shape index (κ1) is 22.5. The molecule has 0 saturated heterocycles.